The molecule has 0 radical (unpaired) electrons. The fourth-order valence-electron chi connectivity index (χ4n) is 4.25. The summed E-state index contributed by atoms with van der Waals surface area (Å²) in [5.41, 5.74) is 1.50. The highest BCUT2D eigenvalue weighted by Gasteiger charge is 2.35. The number of anilines is 2. The van der Waals surface area contributed by atoms with Crippen molar-refractivity contribution >= 4 is 23.4 Å². The van der Waals surface area contributed by atoms with Crippen molar-refractivity contribution in [1.82, 2.24) is 0 Å². The third-order valence-electron chi connectivity index (χ3n) is 5.99. The first-order valence-corrected chi connectivity index (χ1v) is 11.8. The molecular weight excluding hydrogens is 465 g/mol. The molecule has 1 aliphatic rings. The zero-order chi connectivity index (χ0) is 25.5. The summed E-state index contributed by atoms with van der Waals surface area (Å²) < 4.78 is 29.6. The second-order valence-corrected chi connectivity index (χ2v) is 8.59. The predicted molar refractivity (Wildman–Crippen MR) is 132 cm³/mol. The van der Waals surface area contributed by atoms with Gasteiger partial charge in [0.2, 0.25) is 0 Å². The van der Waals surface area contributed by atoms with Gasteiger partial charge in [-0.25, -0.2) is 18.9 Å². The zero-order valence-electron chi connectivity index (χ0n) is 20.0. The molecule has 0 fully saturated rings. The number of carbonyl (C=O) groups is 2. The summed E-state index contributed by atoms with van der Waals surface area (Å²) in [5.74, 6) is -0.287. The number of rotatable bonds is 8. The van der Waals surface area contributed by atoms with Crippen LogP contribution in [0.1, 0.15) is 24.5 Å². The Labute approximate surface area is 209 Å². The Morgan fingerprint density at radius 3 is 2.42 bits per heavy atom. The topological polar surface area (TPSA) is 85.3 Å². The molecular formula is C28H28FNO6. The summed E-state index contributed by atoms with van der Waals surface area (Å²) >= 11 is 0. The maximum absolute atomic E-state index is 13.5. The zero-order valence-corrected chi connectivity index (χ0v) is 20.0. The fraction of sp³-hybridized carbons (Fsp3) is 0.286. The normalized spacial score (nSPS) is 16.5. The van der Waals surface area contributed by atoms with Crippen LogP contribution in [0.4, 0.5) is 20.6 Å². The van der Waals surface area contributed by atoms with Gasteiger partial charge in [0.25, 0.3) is 0 Å². The quantitative estimate of drug-likeness (QED) is 0.447. The van der Waals surface area contributed by atoms with E-state index in [2.05, 4.69) is 0 Å². The van der Waals surface area contributed by atoms with Crippen LogP contribution in [-0.4, -0.2) is 42.6 Å². The van der Waals surface area contributed by atoms with Crippen LogP contribution < -0.4 is 9.64 Å². The molecule has 8 heteroatoms. The van der Waals surface area contributed by atoms with Crippen LogP contribution in [0.2, 0.25) is 0 Å². The minimum absolute atomic E-state index is 0.190. The lowest BCUT2D eigenvalue weighted by Gasteiger charge is -2.34. The molecule has 188 valence electrons. The van der Waals surface area contributed by atoms with E-state index in [0.717, 1.165) is 11.1 Å². The lowest BCUT2D eigenvalue weighted by atomic mass is 9.80. The van der Waals surface area contributed by atoms with Gasteiger partial charge in [-0.1, -0.05) is 30.3 Å². The van der Waals surface area contributed by atoms with Crippen molar-refractivity contribution in [3.05, 3.63) is 89.7 Å². The Kier molecular flexibility index (Phi) is 7.85. The molecule has 1 atom stereocenters. The Morgan fingerprint density at radius 1 is 0.972 bits per heavy atom. The van der Waals surface area contributed by atoms with E-state index in [9.17, 15) is 19.1 Å². The number of hydrogen-bond donors (Lipinski definition) is 1. The molecule has 0 saturated heterocycles. The SMILES string of the molecule is CCOC(=O)COc1cccc2c1CC[C@](O)(COC(=O)N(c1ccccc1)c1ccc(F)cc1)C2. The van der Waals surface area contributed by atoms with Crippen LogP contribution in [0.3, 0.4) is 0 Å². The summed E-state index contributed by atoms with van der Waals surface area (Å²) in [6.45, 7) is 1.60. The lowest BCUT2D eigenvalue weighted by Crippen LogP contribution is -2.42. The fourth-order valence-corrected chi connectivity index (χ4v) is 4.25. The second kappa shape index (κ2) is 11.2. The number of esters is 1. The maximum atomic E-state index is 13.5. The van der Waals surface area contributed by atoms with Crippen molar-refractivity contribution in [1.29, 1.82) is 0 Å². The third-order valence-corrected chi connectivity index (χ3v) is 5.99. The smallest absolute Gasteiger partial charge is 0.419 e. The highest BCUT2D eigenvalue weighted by atomic mass is 19.1. The van der Waals surface area contributed by atoms with Gasteiger partial charge in [-0.3, -0.25) is 0 Å². The first-order chi connectivity index (χ1) is 17.4. The molecule has 3 aromatic rings. The molecule has 0 spiro atoms. The summed E-state index contributed by atoms with van der Waals surface area (Å²) in [7, 11) is 0. The maximum Gasteiger partial charge on any atom is 0.419 e. The van der Waals surface area contributed by atoms with Gasteiger partial charge in [0.15, 0.2) is 6.61 Å². The minimum Gasteiger partial charge on any atom is -0.482 e. The van der Waals surface area contributed by atoms with Crippen LogP contribution in [0.15, 0.2) is 72.8 Å². The number of hydrogen-bond acceptors (Lipinski definition) is 6. The molecule has 1 N–H and O–H groups in total. The molecule has 3 aromatic carbocycles. The predicted octanol–water partition coefficient (Wildman–Crippen LogP) is 4.96. The number of fused-ring (bicyclic) bond motifs is 1. The van der Waals surface area contributed by atoms with Crippen molar-refractivity contribution in [2.45, 2.75) is 31.8 Å². The van der Waals surface area contributed by atoms with E-state index >= 15 is 0 Å². The third kappa shape index (κ3) is 6.01. The molecule has 0 heterocycles. The van der Waals surface area contributed by atoms with Gasteiger partial charge in [-0.05, 0) is 73.4 Å². The highest BCUT2D eigenvalue weighted by Crippen LogP contribution is 2.35. The van der Waals surface area contributed by atoms with Gasteiger partial charge in [-0.15, -0.1) is 0 Å². The molecule has 0 bridgehead atoms. The van der Waals surface area contributed by atoms with Gasteiger partial charge in [-0.2, -0.15) is 0 Å². The van der Waals surface area contributed by atoms with Gasteiger partial charge in [0.05, 0.1) is 18.0 Å². The molecule has 0 saturated carbocycles. The first kappa shape index (κ1) is 25.2. The molecule has 4 rings (SSSR count). The number of para-hydroxylation sites is 1. The summed E-state index contributed by atoms with van der Waals surface area (Å²) in [5, 5.41) is 11.2. The van der Waals surface area contributed by atoms with E-state index in [1.807, 2.05) is 12.1 Å². The molecule has 0 unspecified atom stereocenters. The standard InChI is InChI=1S/C28H28FNO6/c1-2-34-26(31)18-35-25-10-6-7-20-17-28(33,16-15-24(20)25)19-36-27(32)30(22-8-4-3-5-9-22)23-13-11-21(29)12-14-23/h3-14,33H,2,15-19H2,1H3/t28-/m1/s1. The first-order valence-electron chi connectivity index (χ1n) is 11.8. The number of halogens is 1. The van der Waals surface area contributed by atoms with E-state index in [1.54, 1.807) is 43.3 Å². The molecule has 36 heavy (non-hydrogen) atoms. The Morgan fingerprint density at radius 2 is 1.69 bits per heavy atom. The number of ether oxygens (including phenoxy) is 3. The van der Waals surface area contributed by atoms with E-state index in [1.165, 1.54) is 29.2 Å². The molecule has 1 amide bonds. The van der Waals surface area contributed by atoms with Crippen LogP contribution in [0, 0.1) is 5.82 Å². The van der Waals surface area contributed by atoms with Crippen LogP contribution in [0.5, 0.6) is 5.75 Å². The van der Waals surface area contributed by atoms with Gasteiger partial charge in [0.1, 0.15) is 23.8 Å². The van der Waals surface area contributed by atoms with E-state index in [0.29, 0.717) is 30.0 Å². The number of carbonyl (C=O) groups excluding carboxylic acids is 2. The summed E-state index contributed by atoms with van der Waals surface area (Å²) in [4.78, 5) is 26.1. The lowest BCUT2D eigenvalue weighted by molar-refractivity contribution is -0.145. The van der Waals surface area contributed by atoms with Crippen molar-refractivity contribution in [3.63, 3.8) is 0 Å². The van der Waals surface area contributed by atoms with Crippen molar-refractivity contribution in [2.24, 2.45) is 0 Å². The largest absolute Gasteiger partial charge is 0.482 e. The van der Waals surface area contributed by atoms with Crippen LogP contribution in [-0.2, 0) is 27.1 Å². The average Bonchev–Trinajstić information content (AvgIpc) is 2.88. The molecule has 7 nitrogen and oxygen atoms in total. The molecule has 0 aromatic heterocycles. The number of nitrogens with zero attached hydrogens (tertiary/aromatic N) is 1. The second-order valence-electron chi connectivity index (χ2n) is 8.59. The molecule has 1 aliphatic carbocycles. The van der Waals surface area contributed by atoms with E-state index in [4.69, 9.17) is 14.2 Å². The Balaban J connectivity index is 1.45. The Bertz CT molecular complexity index is 1200. The van der Waals surface area contributed by atoms with Gasteiger partial charge < -0.3 is 19.3 Å². The van der Waals surface area contributed by atoms with Crippen LogP contribution in [0.25, 0.3) is 0 Å². The van der Waals surface area contributed by atoms with Crippen LogP contribution >= 0.6 is 0 Å². The minimum atomic E-state index is -1.27. The number of amides is 1. The van der Waals surface area contributed by atoms with Gasteiger partial charge >= 0.3 is 12.1 Å². The average molecular weight is 494 g/mol. The van der Waals surface area contributed by atoms with Crippen molar-refractivity contribution < 1.29 is 33.3 Å². The number of aliphatic hydroxyl groups is 1. The molecule has 0 aliphatic heterocycles. The number of benzene rings is 3. The van der Waals surface area contributed by atoms with Crippen molar-refractivity contribution in [3.8, 4) is 5.75 Å². The van der Waals surface area contributed by atoms with Gasteiger partial charge in [0, 0.05) is 6.42 Å². The monoisotopic (exact) mass is 493 g/mol. The summed E-state index contributed by atoms with van der Waals surface area (Å²) in [6.07, 6.45) is 0.407. The van der Waals surface area contributed by atoms with E-state index < -0.39 is 23.5 Å². The Hall–Kier alpha value is -3.91. The van der Waals surface area contributed by atoms with Crippen molar-refractivity contribution in [2.75, 3.05) is 24.7 Å². The van der Waals surface area contributed by atoms with E-state index in [-0.39, 0.29) is 26.2 Å². The highest BCUT2D eigenvalue weighted by molar-refractivity contribution is 5.95. The summed E-state index contributed by atoms with van der Waals surface area (Å²) in [6, 6.07) is 19.9.